The molecule has 2 fully saturated rings. The molecule has 2 aliphatic rings. The van der Waals surface area contributed by atoms with Crippen LogP contribution in [0.2, 0.25) is 0 Å². The summed E-state index contributed by atoms with van der Waals surface area (Å²) in [5.74, 6) is 0.541. The van der Waals surface area contributed by atoms with Gasteiger partial charge in [0.2, 0.25) is 0 Å². The minimum absolute atomic E-state index is 0.135. The summed E-state index contributed by atoms with van der Waals surface area (Å²) in [6.07, 6.45) is 6.87. The Labute approximate surface area is 73.3 Å². The van der Waals surface area contributed by atoms with Crippen molar-refractivity contribution >= 4 is 5.97 Å². The third-order valence-electron chi connectivity index (χ3n) is 3.38. The molecule has 68 valence electrons. The van der Waals surface area contributed by atoms with E-state index in [1.807, 2.05) is 0 Å². The Morgan fingerprint density at radius 1 is 1.50 bits per heavy atom. The van der Waals surface area contributed by atoms with Crippen LogP contribution in [-0.2, 0) is 9.53 Å². The molecule has 2 nitrogen and oxygen atoms in total. The van der Waals surface area contributed by atoms with E-state index in [0.29, 0.717) is 17.9 Å². The Kier molecular flexibility index (Phi) is 1.85. The smallest absolute Gasteiger partial charge is 0.302 e. The third kappa shape index (κ3) is 1.35. The monoisotopic (exact) mass is 168 g/mol. The number of hydrogen-bond acceptors (Lipinski definition) is 2. The predicted octanol–water partition coefficient (Wildman–Crippen LogP) is 2.13. The van der Waals surface area contributed by atoms with Crippen LogP contribution in [0.25, 0.3) is 0 Å². The van der Waals surface area contributed by atoms with E-state index in [0.717, 1.165) is 0 Å². The maximum atomic E-state index is 10.5. The van der Waals surface area contributed by atoms with Gasteiger partial charge in [-0.25, -0.2) is 0 Å². The van der Waals surface area contributed by atoms with E-state index in [1.165, 1.54) is 39.0 Å². The summed E-state index contributed by atoms with van der Waals surface area (Å²) in [6, 6.07) is 0. The first-order valence-corrected chi connectivity index (χ1v) is 4.84. The van der Waals surface area contributed by atoms with Crippen molar-refractivity contribution < 1.29 is 9.53 Å². The molecule has 0 heterocycles. The number of esters is 1. The van der Waals surface area contributed by atoms with E-state index in [9.17, 15) is 4.79 Å². The summed E-state index contributed by atoms with van der Waals surface area (Å²) in [6.45, 7) is 2.15. The molecule has 0 aromatic heterocycles. The molecule has 0 aliphatic heterocycles. The Balaban J connectivity index is 1.64. The van der Waals surface area contributed by atoms with Crippen molar-refractivity contribution in [1.82, 2.24) is 0 Å². The van der Waals surface area contributed by atoms with Gasteiger partial charge < -0.3 is 4.74 Å². The molecule has 0 saturated heterocycles. The van der Waals surface area contributed by atoms with Crippen molar-refractivity contribution in [1.29, 1.82) is 0 Å². The summed E-state index contributed by atoms with van der Waals surface area (Å²) in [5.41, 5.74) is 0.713. The number of rotatable bonds is 2. The molecule has 0 bridgehead atoms. The van der Waals surface area contributed by atoms with Crippen molar-refractivity contribution in [2.45, 2.75) is 39.0 Å². The largest absolute Gasteiger partial charge is 0.466 e. The number of hydrogen-bond donors (Lipinski definition) is 0. The van der Waals surface area contributed by atoms with Gasteiger partial charge >= 0.3 is 5.97 Å². The molecule has 2 saturated carbocycles. The van der Waals surface area contributed by atoms with Gasteiger partial charge in [0.25, 0.3) is 0 Å². The van der Waals surface area contributed by atoms with Gasteiger partial charge in [0.1, 0.15) is 0 Å². The summed E-state index contributed by atoms with van der Waals surface area (Å²) < 4.78 is 4.97. The minimum Gasteiger partial charge on any atom is -0.466 e. The van der Waals surface area contributed by atoms with Gasteiger partial charge in [-0.3, -0.25) is 4.79 Å². The van der Waals surface area contributed by atoms with E-state index >= 15 is 0 Å². The van der Waals surface area contributed by atoms with E-state index in [1.54, 1.807) is 0 Å². The lowest BCUT2D eigenvalue weighted by Gasteiger charge is -2.54. The molecule has 2 rings (SSSR count). The van der Waals surface area contributed by atoms with Gasteiger partial charge in [0.05, 0.1) is 6.61 Å². The van der Waals surface area contributed by atoms with E-state index in [2.05, 4.69) is 0 Å². The minimum atomic E-state index is -0.135. The fraction of sp³-hybridized carbons (Fsp3) is 0.900. The van der Waals surface area contributed by atoms with Crippen LogP contribution in [0.5, 0.6) is 0 Å². The maximum Gasteiger partial charge on any atom is 0.302 e. The lowest BCUT2D eigenvalue weighted by molar-refractivity contribution is -0.147. The second kappa shape index (κ2) is 2.75. The van der Waals surface area contributed by atoms with Crippen molar-refractivity contribution in [3.63, 3.8) is 0 Å². The van der Waals surface area contributed by atoms with Crippen LogP contribution in [0.15, 0.2) is 0 Å². The Morgan fingerprint density at radius 2 is 2.17 bits per heavy atom. The van der Waals surface area contributed by atoms with Gasteiger partial charge in [0, 0.05) is 6.92 Å². The molecule has 0 aromatic rings. The van der Waals surface area contributed by atoms with Gasteiger partial charge in [0.15, 0.2) is 0 Å². The fourth-order valence-corrected chi connectivity index (χ4v) is 2.60. The van der Waals surface area contributed by atoms with Crippen LogP contribution in [0.1, 0.15) is 39.0 Å². The van der Waals surface area contributed by atoms with E-state index in [-0.39, 0.29) is 5.97 Å². The standard InChI is InChI=1S/C10H16O2/c1-8(11)12-7-9-5-10(6-9)3-2-4-10/h9H,2-7H2,1H3. The van der Waals surface area contributed by atoms with Gasteiger partial charge in [-0.05, 0) is 37.0 Å². The summed E-state index contributed by atoms with van der Waals surface area (Å²) >= 11 is 0. The second-order valence-corrected chi connectivity index (χ2v) is 4.43. The first kappa shape index (κ1) is 8.09. The predicted molar refractivity (Wildman–Crippen MR) is 45.6 cm³/mol. The van der Waals surface area contributed by atoms with Gasteiger partial charge in [-0.1, -0.05) is 6.42 Å². The molecule has 0 aromatic carbocycles. The highest BCUT2D eigenvalue weighted by Gasteiger charge is 2.48. The van der Waals surface area contributed by atoms with E-state index < -0.39 is 0 Å². The normalized spacial score (nSPS) is 26.1. The summed E-state index contributed by atoms with van der Waals surface area (Å²) in [5, 5.41) is 0. The topological polar surface area (TPSA) is 26.3 Å². The molecule has 0 N–H and O–H groups in total. The second-order valence-electron chi connectivity index (χ2n) is 4.43. The average Bonchev–Trinajstić information content (AvgIpc) is 1.79. The zero-order valence-corrected chi connectivity index (χ0v) is 7.64. The third-order valence-corrected chi connectivity index (χ3v) is 3.38. The highest BCUT2D eigenvalue weighted by molar-refractivity contribution is 5.65. The van der Waals surface area contributed by atoms with Crippen LogP contribution in [0, 0.1) is 11.3 Å². The SMILES string of the molecule is CC(=O)OCC1CC2(CCC2)C1. The molecule has 0 atom stereocenters. The van der Waals surface area contributed by atoms with Crippen molar-refractivity contribution in [3.05, 3.63) is 0 Å². The Hall–Kier alpha value is -0.530. The van der Waals surface area contributed by atoms with Crippen molar-refractivity contribution in [2.75, 3.05) is 6.61 Å². The Morgan fingerprint density at radius 3 is 2.58 bits per heavy atom. The molecule has 0 radical (unpaired) electrons. The lowest BCUT2D eigenvalue weighted by Crippen LogP contribution is -2.44. The quantitative estimate of drug-likeness (QED) is 0.590. The molecule has 1 spiro atoms. The number of carbonyl (C=O) groups is 1. The molecular weight excluding hydrogens is 152 g/mol. The number of carbonyl (C=O) groups excluding carboxylic acids is 1. The van der Waals surface area contributed by atoms with E-state index in [4.69, 9.17) is 4.74 Å². The highest BCUT2D eigenvalue weighted by atomic mass is 16.5. The molecule has 0 unspecified atom stereocenters. The molecule has 2 aliphatic carbocycles. The summed E-state index contributed by atoms with van der Waals surface area (Å²) in [7, 11) is 0. The highest BCUT2D eigenvalue weighted by Crippen LogP contribution is 2.58. The van der Waals surface area contributed by atoms with Crippen LogP contribution < -0.4 is 0 Å². The van der Waals surface area contributed by atoms with Crippen LogP contribution in [0.3, 0.4) is 0 Å². The molecular formula is C10H16O2. The summed E-state index contributed by atoms with van der Waals surface area (Å²) in [4.78, 5) is 10.5. The number of ether oxygens (including phenoxy) is 1. The van der Waals surface area contributed by atoms with Crippen molar-refractivity contribution in [3.8, 4) is 0 Å². The van der Waals surface area contributed by atoms with Gasteiger partial charge in [-0.2, -0.15) is 0 Å². The van der Waals surface area contributed by atoms with Crippen molar-refractivity contribution in [2.24, 2.45) is 11.3 Å². The lowest BCUT2D eigenvalue weighted by atomic mass is 9.52. The Bertz CT molecular complexity index is 186. The molecule has 12 heavy (non-hydrogen) atoms. The molecule has 0 amide bonds. The van der Waals surface area contributed by atoms with Crippen LogP contribution in [-0.4, -0.2) is 12.6 Å². The fourth-order valence-electron chi connectivity index (χ4n) is 2.60. The first-order chi connectivity index (χ1) is 5.70. The average molecular weight is 168 g/mol. The molecule has 2 heteroatoms. The van der Waals surface area contributed by atoms with Gasteiger partial charge in [-0.15, -0.1) is 0 Å². The first-order valence-electron chi connectivity index (χ1n) is 4.84. The zero-order valence-electron chi connectivity index (χ0n) is 7.64. The van der Waals surface area contributed by atoms with Crippen LogP contribution >= 0.6 is 0 Å². The zero-order chi connectivity index (χ0) is 8.60. The maximum absolute atomic E-state index is 10.5. The van der Waals surface area contributed by atoms with Crippen LogP contribution in [0.4, 0.5) is 0 Å².